The first kappa shape index (κ1) is 22.2. The van der Waals surface area contributed by atoms with Crippen LogP contribution in [0.15, 0.2) is 47.4 Å². The number of piperidine rings is 1. The highest BCUT2D eigenvalue weighted by Gasteiger charge is 2.27. The van der Waals surface area contributed by atoms with E-state index in [4.69, 9.17) is 16.3 Å². The number of carbonyl (C=O) groups is 2. The van der Waals surface area contributed by atoms with Crippen LogP contribution in [-0.4, -0.2) is 44.3 Å². The predicted octanol–water partition coefficient (Wildman–Crippen LogP) is 3.45. The number of anilines is 1. The molecule has 1 heterocycles. The Labute approximate surface area is 178 Å². The van der Waals surface area contributed by atoms with Gasteiger partial charge in [-0.2, -0.15) is 4.31 Å². The molecule has 0 radical (unpaired) electrons. The fraction of sp³-hybridized carbons (Fsp3) is 0.300. The van der Waals surface area contributed by atoms with Crippen molar-refractivity contribution in [3.05, 3.63) is 58.9 Å². The van der Waals surface area contributed by atoms with E-state index in [1.54, 1.807) is 0 Å². The second-order valence-corrected chi connectivity index (χ2v) is 9.08. The third kappa shape index (κ3) is 5.35. The molecule has 1 N–H and O–H groups in total. The third-order valence-corrected chi connectivity index (χ3v) is 6.80. The second kappa shape index (κ2) is 9.55. The molecule has 1 aliphatic heterocycles. The molecule has 0 unspecified atom stereocenters. The van der Waals surface area contributed by atoms with Crippen LogP contribution in [0.4, 0.5) is 10.1 Å². The molecule has 30 heavy (non-hydrogen) atoms. The SMILES string of the molecule is O=C(COC(=O)c1cc(S(=O)(=O)N2CCCCC2)ccc1Cl)Nc1ccc(F)cc1. The highest BCUT2D eigenvalue weighted by molar-refractivity contribution is 7.89. The smallest absolute Gasteiger partial charge is 0.340 e. The molecule has 3 rings (SSSR count). The second-order valence-electron chi connectivity index (χ2n) is 6.74. The van der Waals surface area contributed by atoms with Crippen LogP contribution in [0.5, 0.6) is 0 Å². The fourth-order valence-corrected chi connectivity index (χ4v) is 4.75. The lowest BCUT2D eigenvalue weighted by molar-refractivity contribution is -0.119. The minimum Gasteiger partial charge on any atom is -0.452 e. The fourth-order valence-electron chi connectivity index (χ4n) is 3.01. The van der Waals surface area contributed by atoms with Crippen LogP contribution in [0.2, 0.25) is 5.02 Å². The van der Waals surface area contributed by atoms with Gasteiger partial charge in [-0.1, -0.05) is 18.0 Å². The van der Waals surface area contributed by atoms with Crippen LogP contribution in [0.3, 0.4) is 0 Å². The van der Waals surface area contributed by atoms with Crippen LogP contribution < -0.4 is 5.32 Å². The Hall–Kier alpha value is -2.49. The number of sulfonamides is 1. The zero-order valence-electron chi connectivity index (χ0n) is 15.9. The molecule has 0 bridgehead atoms. The standard InChI is InChI=1S/C20H20ClFN2O5S/c21-18-9-8-16(30(27,28)24-10-2-1-3-11-24)12-17(18)20(26)29-13-19(25)23-15-6-4-14(22)5-7-15/h4-9,12H,1-3,10-11,13H2,(H,23,25). The molecule has 0 spiro atoms. The minimum atomic E-state index is -3.75. The Kier molecular flexibility index (Phi) is 7.06. The topological polar surface area (TPSA) is 92.8 Å². The van der Waals surface area contributed by atoms with Crippen LogP contribution in [0.25, 0.3) is 0 Å². The van der Waals surface area contributed by atoms with Gasteiger partial charge in [0, 0.05) is 18.8 Å². The average Bonchev–Trinajstić information content (AvgIpc) is 2.74. The van der Waals surface area contributed by atoms with Crippen LogP contribution >= 0.6 is 11.6 Å². The molecule has 1 amide bonds. The van der Waals surface area contributed by atoms with E-state index in [1.165, 1.54) is 40.7 Å². The largest absolute Gasteiger partial charge is 0.452 e. The lowest BCUT2D eigenvalue weighted by Crippen LogP contribution is -2.35. The van der Waals surface area contributed by atoms with Gasteiger partial charge in [-0.05, 0) is 55.3 Å². The normalized spacial score (nSPS) is 14.9. The summed E-state index contributed by atoms with van der Waals surface area (Å²) < 4.78 is 44.9. The van der Waals surface area contributed by atoms with Crippen molar-refractivity contribution in [1.29, 1.82) is 0 Å². The lowest BCUT2D eigenvalue weighted by Gasteiger charge is -2.26. The van der Waals surface area contributed by atoms with Crippen molar-refractivity contribution in [1.82, 2.24) is 4.31 Å². The van der Waals surface area contributed by atoms with Gasteiger partial charge in [0.2, 0.25) is 10.0 Å². The number of halogens is 2. The van der Waals surface area contributed by atoms with Crippen LogP contribution in [0.1, 0.15) is 29.6 Å². The number of carbonyl (C=O) groups excluding carboxylic acids is 2. The summed E-state index contributed by atoms with van der Waals surface area (Å²) in [7, 11) is -3.75. The number of ether oxygens (including phenoxy) is 1. The number of nitrogens with zero attached hydrogens (tertiary/aromatic N) is 1. The van der Waals surface area contributed by atoms with E-state index >= 15 is 0 Å². The number of amides is 1. The number of rotatable bonds is 6. The quantitative estimate of drug-likeness (QED) is 0.675. The first-order valence-corrected chi connectivity index (χ1v) is 11.1. The van der Waals surface area contributed by atoms with Crippen molar-refractivity contribution in [2.24, 2.45) is 0 Å². The molecule has 0 saturated carbocycles. The van der Waals surface area contributed by atoms with E-state index in [-0.39, 0.29) is 15.5 Å². The lowest BCUT2D eigenvalue weighted by atomic mass is 10.2. The van der Waals surface area contributed by atoms with Gasteiger partial charge in [-0.15, -0.1) is 0 Å². The summed E-state index contributed by atoms with van der Waals surface area (Å²) in [6.45, 7) is 0.234. The molecule has 0 aliphatic carbocycles. The predicted molar refractivity (Wildman–Crippen MR) is 109 cm³/mol. The number of hydrogen-bond donors (Lipinski definition) is 1. The highest BCUT2D eigenvalue weighted by atomic mass is 35.5. The Bertz CT molecular complexity index is 1040. The molecule has 0 aromatic heterocycles. The molecule has 10 heteroatoms. The van der Waals surface area contributed by atoms with E-state index in [1.807, 2.05) is 0 Å². The summed E-state index contributed by atoms with van der Waals surface area (Å²) in [5, 5.41) is 2.46. The zero-order valence-corrected chi connectivity index (χ0v) is 17.5. The molecule has 7 nitrogen and oxygen atoms in total. The molecule has 160 valence electrons. The number of benzene rings is 2. The molecule has 1 saturated heterocycles. The van der Waals surface area contributed by atoms with Crippen molar-refractivity contribution in [2.75, 3.05) is 25.0 Å². The third-order valence-electron chi connectivity index (χ3n) is 4.57. The first-order chi connectivity index (χ1) is 14.3. The average molecular weight is 455 g/mol. The molecular weight excluding hydrogens is 435 g/mol. The summed E-state index contributed by atoms with van der Waals surface area (Å²) >= 11 is 6.04. The van der Waals surface area contributed by atoms with Gasteiger partial charge in [0.25, 0.3) is 5.91 Å². The van der Waals surface area contributed by atoms with Gasteiger partial charge < -0.3 is 10.1 Å². The minimum absolute atomic E-state index is 0.0107. The number of hydrogen-bond acceptors (Lipinski definition) is 5. The summed E-state index contributed by atoms with van der Waals surface area (Å²) in [6, 6.07) is 8.89. The molecule has 2 aromatic carbocycles. The summed E-state index contributed by atoms with van der Waals surface area (Å²) in [5.74, 6) is -2.01. The van der Waals surface area contributed by atoms with Crippen molar-refractivity contribution in [3.63, 3.8) is 0 Å². The molecule has 2 aromatic rings. The first-order valence-electron chi connectivity index (χ1n) is 9.29. The van der Waals surface area contributed by atoms with E-state index in [2.05, 4.69) is 5.32 Å². The van der Waals surface area contributed by atoms with Gasteiger partial charge in [-0.3, -0.25) is 4.79 Å². The Morgan fingerprint density at radius 3 is 2.40 bits per heavy atom. The maximum absolute atomic E-state index is 12.9. The van der Waals surface area contributed by atoms with Crippen LogP contribution in [0, 0.1) is 5.82 Å². The number of nitrogens with one attached hydrogen (secondary N) is 1. The van der Waals surface area contributed by atoms with E-state index in [0.717, 1.165) is 25.3 Å². The van der Waals surface area contributed by atoms with Gasteiger partial charge >= 0.3 is 5.97 Å². The molecule has 1 fully saturated rings. The van der Waals surface area contributed by atoms with E-state index in [9.17, 15) is 22.4 Å². The van der Waals surface area contributed by atoms with Gasteiger partial charge in [0.05, 0.1) is 15.5 Å². The van der Waals surface area contributed by atoms with Crippen molar-refractivity contribution < 1.29 is 27.1 Å². The van der Waals surface area contributed by atoms with Crippen LogP contribution in [-0.2, 0) is 19.6 Å². The van der Waals surface area contributed by atoms with Gasteiger partial charge in [0.15, 0.2) is 6.61 Å². The summed E-state index contributed by atoms with van der Waals surface area (Å²) in [4.78, 5) is 24.3. The maximum atomic E-state index is 12.9. The van der Waals surface area contributed by atoms with E-state index in [0.29, 0.717) is 18.8 Å². The zero-order chi connectivity index (χ0) is 21.7. The monoisotopic (exact) mass is 454 g/mol. The molecular formula is C20H20ClFN2O5S. The van der Waals surface area contributed by atoms with Crippen molar-refractivity contribution in [2.45, 2.75) is 24.2 Å². The number of esters is 1. The Morgan fingerprint density at radius 2 is 1.73 bits per heavy atom. The highest BCUT2D eigenvalue weighted by Crippen LogP contribution is 2.25. The van der Waals surface area contributed by atoms with E-state index < -0.39 is 34.3 Å². The summed E-state index contributed by atoms with van der Waals surface area (Å²) in [5.41, 5.74) is 0.189. The maximum Gasteiger partial charge on any atom is 0.340 e. The van der Waals surface area contributed by atoms with Crippen molar-refractivity contribution >= 4 is 39.2 Å². The Morgan fingerprint density at radius 1 is 1.07 bits per heavy atom. The summed E-state index contributed by atoms with van der Waals surface area (Å²) in [6.07, 6.45) is 2.54. The molecule has 1 aliphatic rings. The van der Waals surface area contributed by atoms with Crippen molar-refractivity contribution in [3.8, 4) is 0 Å². The van der Waals surface area contributed by atoms with Gasteiger partial charge in [-0.25, -0.2) is 17.6 Å². The molecule has 0 atom stereocenters. The van der Waals surface area contributed by atoms with Gasteiger partial charge in [0.1, 0.15) is 5.82 Å². The Balaban J connectivity index is 1.67.